The Morgan fingerprint density at radius 2 is 2.56 bits per heavy atom. The number of carbonyl (C=O) groups is 1. The van der Waals surface area contributed by atoms with Crippen molar-refractivity contribution in [1.82, 2.24) is 4.90 Å². The Morgan fingerprint density at radius 1 is 1.78 bits per heavy atom. The molecule has 0 unspecified atom stereocenters. The number of hydrogen-bond acceptors (Lipinski definition) is 1. The van der Waals surface area contributed by atoms with Gasteiger partial charge in [0.1, 0.15) is 0 Å². The molecule has 0 aromatic rings. The van der Waals surface area contributed by atoms with Crippen LogP contribution in [0, 0.1) is 6.54 Å². The van der Waals surface area contributed by atoms with Crippen LogP contribution in [-0.4, -0.2) is 17.4 Å². The van der Waals surface area contributed by atoms with Crippen molar-refractivity contribution in [3.63, 3.8) is 0 Å². The van der Waals surface area contributed by atoms with E-state index >= 15 is 0 Å². The topological polar surface area (TPSA) is 20.3 Å². The normalized spacial score (nSPS) is 18.6. The number of nitrogens with zero attached hydrogens (tertiary/aromatic N) is 1. The molecule has 1 rings (SSSR count). The molecule has 51 valence electrons. The summed E-state index contributed by atoms with van der Waals surface area (Å²) in [6, 6.07) is 0. The summed E-state index contributed by atoms with van der Waals surface area (Å²) in [4.78, 5) is 12.7. The summed E-state index contributed by atoms with van der Waals surface area (Å²) in [6.07, 6.45) is 2.86. The molecule has 0 aromatic carbocycles. The Morgan fingerprint density at radius 3 is 3.00 bits per heavy atom. The molecule has 0 bridgehead atoms. The highest BCUT2D eigenvalue weighted by Gasteiger charge is 2.15. The van der Waals surface area contributed by atoms with Gasteiger partial charge < -0.3 is 4.90 Å². The van der Waals surface area contributed by atoms with Crippen LogP contribution in [0.4, 0.5) is 0 Å². The third kappa shape index (κ3) is 1.44. The van der Waals surface area contributed by atoms with Crippen molar-refractivity contribution in [2.75, 3.05) is 6.54 Å². The number of likely N-dealkylation sites (tertiary alicyclic amines) is 1. The highest BCUT2D eigenvalue weighted by atomic mass is 16.2. The van der Waals surface area contributed by atoms with Crippen molar-refractivity contribution in [2.45, 2.75) is 26.2 Å². The molecule has 2 nitrogen and oxygen atoms in total. The molecule has 1 heterocycles. The average molecular weight is 126 g/mol. The molecular formula is C7H12NO. The summed E-state index contributed by atoms with van der Waals surface area (Å²) >= 11 is 0. The van der Waals surface area contributed by atoms with Crippen LogP contribution in [0.25, 0.3) is 0 Å². The maximum atomic E-state index is 10.9. The van der Waals surface area contributed by atoms with Crippen molar-refractivity contribution in [3.05, 3.63) is 6.54 Å². The van der Waals surface area contributed by atoms with E-state index in [4.69, 9.17) is 0 Å². The van der Waals surface area contributed by atoms with Gasteiger partial charge in [-0.25, -0.2) is 0 Å². The largest absolute Gasteiger partial charge is 0.338 e. The van der Waals surface area contributed by atoms with Crippen LogP contribution < -0.4 is 0 Å². The lowest BCUT2D eigenvalue weighted by molar-refractivity contribution is -0.128. The minimum Gasteiger partial charge on any atom is -0.338 e. The van der Waals surface area contributed by atoms with Crippen LogP contribution in [0.2, 0.25) is 0 Å². The second-order valence-electron chi connectivity index (χ2n) is 2.27. The lowest BCUT2D eigenvalue weighted by Gasteiger charge is -2.11. The van der Waals surface area contributed by atoms with Crippen LogP contribution in [-0.2, 0) is 4.79 Å². The van der Waals surface area contributed by atoms with Gasteiger partial charge in [0.2, 0.25) is 5.91 Å². The maximum absolute atomic E-state index is 10.9. The van der Waals surface area contributed by atoms with Gasteiger partial charge in [-0.1, -0.05) is 6.92 Å². The smallest absolute Gasteiger partial charge is 0.222 e. The molecule has 1 fully saturated rings. The van der Waals surface area contributed by atoms with Gasteiger partial charge >= 0.3 is 0 Å². The summed E-state index contributed by atoms with van der Waals surface area (Å²) in [5.74, 6) is 0.257. The fourth-order valence-corrected chi connectivity index (χ4v) is 1.03. The van der Waals surface area contributed by atoms with Crippen molar-refractivity contribution in [2.24, 2.45) is 0 Å². The van der Waals surface area contributed by atoms with Gasteiger partial charge in [0.25, 0.3) is 0 Å². The van der Waals surface area contributed by atoms with Gasteiger partial charge in [-0.3, -0.25) is 4.79 Å². The molecule has 0 spiro atoms. The van der Waals surface area contributed by atoms with Crippen molar-refractivity contribution in [1.29, 1.82) is 0 Å². The Balaban J connectivity index is 2.32. The third-order valence-electron chi connectivity index (χ3n) is 1.58. The first-order valence-electron chi connectivity index (χ1n) is 3.47. The van der Waals surface area contributed by atoms with Gasteiger partial charge in [0, 0.05) is 13.0 Å². The highest BCUT2D eigenvalue weighted by molar-refractivity contribution is 5.76. The number of amides is 1. The van der Waals surface area contributed by atoms with E-state index in [1.807, 2.05) is 18.4 Å². The maximum Gasteiger partial charge on any atom is 0.222 e. The van der Waals surface area contributed by atoms with Gasteiger partial charge in [-0.15, -0.1) is 0 Å². The molecule has 1 radical (unpaired) electrons. The minimum atomic E-state index is 0.257. The Kier molecular flexibility index (Phi) is 2.09. The van der Waals surface area contributed by atoms with Crippen LogP contribution in [0.15, 0.2) is 0 Å². The second-order valence-corrected chi connectivity index (χ2v) is 2.27. The first-order chi connectivity index (χ1) is 4.34. The molecule has 1 amide bonds. The molecule has 1 aliphatic heterocycles. The molecule has 1 aliphatic rings. The van der Waals surface area contributed by atoms with E-state index in [1.54, 1.807) is 0 Å². The molecule has 0 aromatic heterocycles. The van der Waals surface area contributed by atoms with Gasteiger partial charge in [-0.2, -0.15) is 0 Å². The molecule has 0 saturated carbocycles. The first kappa shape index (κ1) is 6.59. The van der Waals surface area contributed by atoms with E-state index < -0.39 is 0 Å². The number of hydrogen-bond donors (Lipinski definition) is 0. The highest BCUT2D eigenvalue weighted by Crippen LogP contribution is 2.12. The van der Waals surface area contributed by atoms with Crippen LogP contribution in [0.5, 0.6) is 0 Å². The minimum absolute atomic E-state index is 0.257. The predicted octanol–water partition coefficient (Wildman–Crippen LogP) is 1.18. The van der Waals surface area contributed by atoms with Gasteiger partial charge in [0.05, 0.1) is 6.54 Å². The molecule has 0 atom stereocenters. The summed E-state index contributed by atoms with van der Waals surface area (Å²) < 4.78 is 0. The van der Waals surface area contributed by atoms with E-state index in [9.17, 15) is 4.79 Å². The van der Waals surface area contributed by atoms with Crippen molar-refractivity contribution >= 4 is 5.91 Å². The summed E-state index contributed by atoms with van der Waals surface area (Å²) in [7, 11) is 0. The van der Waals surface area contributed by atoms with Crippen LogP contribution in [0.3, 0.4) is 0 Å². The molecule has 9 heavy (non-hydrogen) atoms. The lowest BCUT2D eigenvalue weighted by Crippen LogP contribution is -2.23. The van der Waals surface area contributed by atoms with Crippen LogP contribution in [0.1, 0.15) is 26.2 Å². The van der Waals surface area contributed by atoms with E-state index in [0.29, 0.717) is 6.42 Å². The Bertz CT molecular complexity index is 105. The summed E-state index contributed by atoms with van der Waals surface area (Å²) in [5, 5.41) is 0. The van der Waals surface area contributed by atoms with Gasteiger partial charge in [-0.05, 0) is 12.8 Å². The monoisotopic (exact) mass is 126 g/mol. The zero-order valence-electron chi connectivity index (χ0n) is 5.76. The van der Waals surface area contributed by atoms with Gasteiger partial charge in [0.15, 0.2) is 0 Å². The fourth-order valence-electron chi connectivity index (χ4n) is 1.03. The Labute approximate surface area is 55.8 Å². The van der Waals surface area contributed by atoms with Crippen LogP contribution >= 0.6 is 0 Å². The third-order valence-corrected chi connectivity index (χ3v) is 1.58. The average Bonchev–Trinajstić information content (AvgIpc) is 2.37. The molecular weight excluding hydrogens is 114 g/mol. The SMILES string of the molecule is CCC(=O)N1[CH]CCC1. The summed E-state index contributed by atoms with van der Waals surface area (Å²) in [6.45, 7) is 4.83. The number of carbonyl (C=O) groups excluding carboxylic acids is 1. The second kappa shape index (κ2) is 2.85. The molecule has 1 saturated heterocycles. The lowest BCUT2D eigenvalue weighted by atomic mass is 10.4. The van der Waals surface area contributed by atoms with E-state index in [-0.39, 0.29) is 5.91 Å². The van der Waals surface area contributed by atoms with Crippen molar-refractivity contribution < 1.29 is 4.79 Å². The molecule has 0 aliphatic carbocycles. The van der Waals surface area contributed by atoms with E-state index in [0.717, 1.165) is 19.4 Å². The number of rotatable bonds is 1. The van der Waals surface area contributed by atoms with Crippen molar-refractivity contribution in [3.8, 4) is 0 Å². The fraction of sp³-hybridized carbons (Fsp3) is 0.714. The zero-order valence-corrected chi connectivity index (χ0v) is 5.76. The quantitative estimate of drug-likeness (QED) is 0.516. The summed E-state index contributed by atoms with van der Waals surface area (Å²) in [5.41, 5.74) is 0. The van der Waals surface area contributed by atoms with E-state index in [1.165, 1.54) is 0 Å². The van der Waals surface area contributed by atoms with E-state index in [2.05, 4.69) is 0 Å². The standard InChI is InChI=1S/C7H12NO/c1-2-7(9)8-5-3-4-6-8/h5H,2-4,6H2,1H3. The Hall–Kier alpha value is -0.530. The molecule has 0 N–H and O–H groups in total. The zero-order chi connectivity index (χ0) is 6.69. The predicted molar refractivity (Wildman–Crippen MR) is 35.5 cm³/mol. The molecule has 2 heteroatoms. The first-order valence-corrected chi connectivity index (χ1v) is 3.47.